The Labute approximate surface area is 145 Å². The molecule has 2 N–H and O–H groups in total. The second kappa shape index (κ2) is 8.49. The van der Waals surface area contributed by atoms with Crippen LogP contribution >= 0.6 is 0 Å². The van der Waals surface area contributed by atoms with Gasteiger partial charge in [0.05, 0.1) is 11.6 Å². The van der Waals surface area contributed by atoms with Gasteiger partial charge in [0.1, 0.15) is 6.61 Å². The van der Waals surface area contributed by atoms with Gasteiger partial charge in [-0.15, -0.1) is 0 Å². The zero-order valence-corrected chi connectivity index (χ0v) is 15.0. The van der Waals surface area contributed by atoms with Crippen LogP contribution in [0.2, 0.25) is 0 Å². The van der Waals surface area contributed by atoms with Crippen molar-refractivity contribution in [3.05, 3.63) is 35.9 Å². The first-order valence-corrected chi connectivity index (χ1v) is 8.86. The molecule has 5 heteroatoms. The summed E-state index contributed by atoms with van der Waals surface area (Å²) in [5.41, 5.74) is 0.120. The second-order valence-corrected chi connectivity index (χ2v) is 6.91. The molecule has 3 atom stereocenters. The Balaban J connectivity index is 1.91. The SMILES string of the molecule is CCCC(C)C(C)(O)C1CN(C(=O)OCc2ccccc2)CCN1. The molecule has 3 unspecified atom stereocenters. The molecule has 1 aromatic rings. The minimum absolute atomic E-state index is 0.142. The van der Waals surface area contributed by atoms with Gasteiger partial charge in [-0.2, -0.15) is 0 Å². The van der Waals surface area contributed by atoms with E-state index in [4.69, 9.17) is 4.74 Å². The van der Waals surface area contributed by atoms with Gasteiger partial charge in [0.2, 0.25) is 0 Å². The number of ether oxygens (including phenoxy) is 1. The molecule has 1 fully saturated rings. The number of aliphatic hydroxyl groups is 1. The lowest BCUT2D eigenvalue weighted by atomic mass is 9.80. The van der Waals surface area contributed by atoms with E-state index < -0.39 is 5.60 Å². The summed E-state index contributed by atoms with van der Waals surface area (Å²) >= 11 is 0. The van der Waals surface area contributed by atoms with Crippen LogP contribution in [0.5, 0.6) is 0 Å². The maximum atomic E-state index is 12.3. The molecule has 1 aliphatic heterocycles. The van der Waals surface area contributed by atoms with E-state index in [1.807, 2.05) is 37.3 Å². The molecule has 0 aromatic heterocycles. The van der Waals surface area contributed by atoms with Crippen LogP contribution < -0.4 is 5.32 Å². The fraction of sp³-hybridized carbons (Fsp3) is 0.632. The lowest BCUT2D eigenvalue weighted by Crippen LogP contribution is -2.63. The number of hydrogen-bond donors (Lipinski definition) is 2. The van der Waals surface area contributed by atoms with Crippen molar-refractivity contribution < 1.29 is 14.6 Å². The topological polar surface area (TPSA) is 61.8 Å². The van der Waals surface area contributed by atoms with Crippen LogP contribution in [-0.2, 0) is 11.3 Å². The van der Waals surface area contributed by atoms with E-state index >= 15 is 0 Å². The summed E-state index contributed by atoms with van der Waals surface area (Å²) < 4.78 is 5.41. The Kier molecular flexibility index (Phi) is 6.63. The first-order valence-electron chi connectivity index (χ1n) is 8.86. The minimum atomic E-state index is -0.853. The molecule has 1 saturated heterocycles. The standard InChI is InChI=1S/C19H30N2O3/c1-4-8-15(2)19(3,23)17-13-21(12-11-20-17)18(22)24-14-16-9-6-5-7-10-16/h5-7,9-10,15,17,20,23H,4,8,11-14H2,1-3H3. The van der Waals surface area contributed by atoms with Crippen molar-refractivity contribution in [3.63, 3.8) is 0 Å². The van der Waals surface area contributed by atoms with Gasteiger partial charge in [0.15, 0.2) is 0 Å². The van der Waals surface area contributed by atoms with E-state index in [-0.39, 0.29) is 24.7 Å². The van der Waals surface area contributed by atoms with E-state index in [0.717, 1.165) is 18.4 Å². The van der Waals surface area contributed by atoms with Crippen LogP contribution in [0, 0.1) is 5.92 Å². The van der Waals surface area contributed by atoms with E-state index in [1.54, 1.807) is 4.90 Å². The molecular formula is C19H30N2O3. The van der Waals surface area contributed by atoms with Crippen LogP contribution in [-0.4, -0.2) is 47.4 Å². The molecule has 0 aliphatic carbocycles. The van der Waals surface area contributed by atoms with E-state index in [0.29, 0.717) is 19.6 Å². The van der Waals surface area contributed by atoms with Gasteiger partial charge in [-0.3, -0.25) is 0 Å². The monoisotopic (exact) mass is 334 g/mol. The molecule has 5 nitrogen and oxygen atoms in total. The molecule has 0 bridgehead atoms. The Hall–Kier alpha value is -1.59. The van der Waals surface area contributed by atoms with Crippen molar-refractivity contribution in [1.82, 2.24) is 10.2 Å². The number of carbonyl (C=O) groups is 1. The van der Waals surface area contributed by atoms with Gasteiger partial charge in [-0.05, 0) is 24.8 Å². The molecule has 1 amide bonds. The summed E-state index contributed by atoms with van der Waals surface area (Å²) in [6.07, 6.45) is 1.68. The number of piperazine rings is 1. The number of nitrogens with zero attached hydrogens (tertiary/aromatic N) is 1. The number of carbonyl (C=O) groups excluding carboxylic acids is 1. The van der Waals surface area contributed by atoms with Crippen LogP contribution in [0.4, 0.5) is 4.79 Å². The van der Waals surface area contributed by atoms with Gasteiger partial charge in [-0.25, -0.2) is 4.79 Å². The molecule has 1 heterocycles. The molecule has 1 aromatic carbocycles. The minimum Gasteiger partial charge on any atom is -0.445 e. The summed E-state index contributed by atoms with van der Waals surface area (Å²) in [7, 11) is 0. The lowest BCUT2D eigenvalue weighted by Gasteiger charge is -2.43. The Morgan fingerprint density at radius 3 is 2.83 bits per heavy atom. The quantitative estimate of drug-likeness (QED) is 0.840. The molecule has 0 saturated carbocycles. The average Bonchev–Trinajstić information content (AvgIpc) is 2.61. The predicted octanol–water partition coefficient (Wildman–Crippen LogP) is 2.78. The largest absolute Gasteiger partial charge is 0.445 e. The lowest BCUT2D eigenvalue weighted by molar-refractivity contribution is -0.0485. The number of amides is 1. The summed E-state index contributed by atoms with van der Waals surface area (Å²) in [4.78, 5) is 14.0. The summed E-state index contributed by atoms with van der Waals surface area (Å²) in [6.45, 7) is 8.06. The first-order chi connectivity index (χ1) is 11.4. The van der Waals surface area contributed by atoms with Crippen LogP contribution in [0.3, 0.4) is 0 Å². The molecule has 134 valence electrons. The van der Waals surface area contributed by atoms with Crippen molar-refractivity contribution in [2.75, 3.05) is 19.6 Å². The van der Waals surface area contributed by atoms with Gasteiger partial charge >= 0.3 is 6.09 Å². The van der Waals surface area contributed by atoms with Gasteiger partial charge in [0.25, 0.3) is 0 Å². The zero-order chi connectivity index (χ0) is 17.6. The molecule has 0 spiro atoms. The number of hydrogen-bond acceptors (Lipinski definition) is 4. The fourth-order valence-corrected chi connectivity index (χ4v) is 3.19. The third-order valence-corrected chi connectivity index (χ3v) is 5.06. The van der Waals surface area contributed by atoms with E-state index in [1.165, 1.54) is 0 Å². The first kappa shape index (κ1) is 18.7. The van der Waals surface area contributed by atoms with Gasteiger partial charge in [-0.1, -0.05) is 50.6 Å². The predicted molar refractivity (Wildman–Crippen MR) is 94.7 cm³/mol. The van der Waals surface area contributed by atoms with Crippen LogP contribution in [0.25, 0.3) is 0 Å². The normalized spacial score (nSPS) is 21.8. The molecule has 24 heavy (non-hydrogen) atoms. The third kappa shape index (κ3) is 4.71. The molecule has 0 radical (unpaired) electrons. The van der Waals surface area contributed by atoms with Gasteiger partial charge < -0.3 is 20.1 Å². The number of benzene rings is 1. The smallest absolute Gasteiger partial charge is 0.410 e. The van der Waals surface area contributed by atoms with E-state index in [2.05, 4.69) is 19.2 Å². The number of rotatable bonds is 6. The van der Waals surface area contributed by atoms with Crippen molar-refractivity contribution in [2.24, 2.45) is 5.92 Å². The highest BCUT2D eigenvalue weighted by Gasteiger charge is 2.40. The molecular weight excluding hydrogens is 304 g/mol. The van der Waals surface area contributed by atoms with Crippen molar-refractivity contribution >= 4 is 6.09 Å². The van der Waals surface area contributed by atoms with Crippen LogP contribution in [0.1, 0.15) is 39.2 Å². The molecule has 2 rings (SSSR count). The maximum absolute atomic E-state index is 12.3. The average molecular weight is 334 g/mol. The van der Waals surface area contributed by atoms with Crippen molar-refractivity contribution in [3.8, 4) is 0 Å². The highest BCUT2D eigenvalue weighted by Crippen LogP contribution is 2.27. The fourth-order valence-electron chi connectivity index (χ4n) is 3.19. The van der Waals surface area contributed by atoms with Gasteiger partial charge in [0, 0.05) is 19.6 Å². The highest BCUT2D eigenvalue weighted by atomic mass is 16.6. The Morgan fingerprint density at radius 1 is 1.46 bits per heavy atom. The Morgan fingerprint density at radius 2 is 2.17 bits per heavy atom. The highest BCUT2D eigenvalue weighted by molar-refractivity contribution is 5.67. The number of nitrogens with one attached hydrogen (secondary N) is 1. The molecule has 1 aliphatic rings. The summed E-state index contributed by atoms with van der Waals surface area (Å²) in [5, 5.41) is 14.3. The zero-order valence-electron chi connectivity index (χ0n) is 15.0. The van der Waals surface area contributed by atoms with Crippen LogP contribution in [0.15, 0.2) is 30.3 Å². The second-order valence-electron chi connectivity index (χ2n) is 6.91. The summed E-state index contributed by atoms with van der Waals surface area (Å²) in [6, 6.07) is 9.52. The Bertz CT molecular complexity index is 519. The third-order valence-electron chi connectivity index (χ3n) is 5.06. The van der Waals surface area contributed by atoms with Crippen molar-refractivity contribution in [1.29, 1.82) is 0 Å². The maximum Gasteiger partial charge on any atom is 0.410 e. The van der Waals surface area contributed by atoms with E-state index in [9.17, 15) is 9.90 Å². The van der Waals surface area contributed by atoms with Crippen molar-refractivity contribution in [2.45, 2.75) is 51.9 Å². The summed E-state index contributed by atoms with van der Waals surface area (Å²) in [5.74, 6) is 0.167.